The summed E-state index contributed by atoms with van der Waals surface area (Å²) in [5, 5.41) is 6.48. The Kier molecular flexibility index (Phi) is 5.43. The molecule has 0 saturated carbocycles. The number of ether oxygens (including phenoxy) is 1. The highest BCUT2D eigenvalue weighted by atomic mass is 16.5. The van der Waals surface area contributed by atoms with Gasteiger partial charge >= 0.3 is 5.97 Å². The second kappa shape index (κ2) is 8.11. The lowest BCUT2D eigenvalue weighted by molar-refractivity contribution is 0.0601. The Morgan fingerprint density at radius 3 is 2.38 bits per heavy atom. The van der Waals surface area contributed by atoms with E-state index < -0.39 is 0 Å². The van der Waals surface area contributed by atoms with Crippen LogP contribution in [0.4, 0.5) is 17.3 Å². The fourth-order valence-electron chi connectivity index (χ4n) is 2.38. The van der Waals surface area contributed by atoms with Crippen LogP contribution in [0.25, 0.3) is 0 Å². The molecule has 0 saturated heterocycles. The summed E-state index contributed by atoms with van der Waals surface area (Å²) < 4.78 is 4.69. The van der Waals surface area contributed by atoms with E-state index in [9.17, 15) is 4.79 Å². The Hall–Kier alpha value is -3.41. The summed E-state index contributed by atoms with van der Waals surface area (Å²) in [6.45, 7) is 2.75. The van der Waals surface area contributed by atoms with Crippen LogP contribution in [-0.4, -0.2) is 23.0 Å². The van der Waals surface area contributed by atoms with Gasteiger partial charge in [0.15, 0.2) is 0 Å². The van der Waals surface area contributed by atoms with Gasteiger partial charge in [0.05, 0.1) is 12.7 Å². The van der Waals surface area contributed by atoms with Gasteiger partial charge in [0.25, 0.3) is 0 Å². The molecule has 0 aliphatic heterocycles. The van der Waals surface area contributed by atoms with Crippen LogP contribution in [0.1, 0.15) is 21.5 Å². The Morgan fingerprint density at radius 2 is 1.69 bits per heavy atom. The molecule has 0 atom stereocenters. The highest BCUT2D eigenvalue weighted by Crippen LogP contribution is 2.17. The van der Waals surface area contributed by atoms with Gasteiger partial charge in [-0.25, -0.2) is 14.8 Å². The number of rotatable bonds is 6. The summed E-state index contributed by atoms with van der Waals surface area (Å²) in [6.07, 6.45) is 1.50. The normalized spacial score (nSPS) is 10.2. The molecule has 0 aliphatic carbocycles. The van der Waals surface area contributed by atoms with E-state index in [-0.39, 0.29) is 5.97 Å². The van der Waals surface area contributed by atoms with Crippen LogP contribution in [0.3, 0.4) is 0 Å². The van der Waals surface area contributed by atoms with Gasteiger partial charge in [-0.3, -0.25) is 0 Å². The van der Waals surface area contributed by atoms with Crippen molar-refractivity contribution in [3.63, 3.8) is 0 Å². The van der Waals surface area contributed by atoms with E-state index in [1.54, 1.807) is 24.3 Å². The van der Waals surface area contributed by atoms with E-state index in [1.807, 2.05) is 6.07 Å². The highest BCUT2D eigenvalue weighted by molar-refractivity contribution is 5.89. The van der Waals surface area contributed by atoms with Crippen molar-refractivity contribution in [3.05, 3.63) is 77.6 Å². The summed E-state index contributed by atoms with van der Waals surface area (Å²) in [4.78, 5) is 19.9. The standard InChI is InChI=1S/C20H20N4O2/c1-14-3-5-15(6-4-14)12-21-18-11-19(23-13-22-18)24-17-9-7-16(8-10-17)20(25)26-2/h3-11,13H,12H2,1-2H3,(H2,21,22,23,24). The fraction of sp³-hybridized carbons (Fsp3) is 0.150. The lowest BCUT2D eigenvalue weighted by atomic mass is 10.1. The number of benzene rings is 2. The third-order valence-corrected chi connectivity index (χ3v) is 3.84. The number of nitrogens with zero attached hydrogens (tertiary/aromatic N) is 2. The molecule has 0 fully saturated rings. The first-order valence-corrected chi connectivity index (χ1v) is 8.21. The van der Waals surface area contributed by atoms with Gasteiger partial charge < -0.3 is 15.4 Å². The molecule has 0 spiro atoms. The number of hydrogen-bond acceptors (Lipinski definition) is 6. The van der Waals surface area contributed by atoms with Crippen molar-refractivity contribution in [3.8, 4) is 0 Å². The number of nitrogens with one attached hydrogen (secondary N) is 2. The molecular weight excluding hydrogens is 328 g/mol. The molecule has 6 heteroatoms. The maximum absolute atomic E-state index is 11.5. The predicted octanol–water partition coefficient (Wildman–Crippen LogP) is 3.93. The summed E-state index contributed by atoms with van der Waals surface area (Å²) in [5.41, 5.74) is 3.74. The zero-order chi connectivity index (χ0) is 18.4. The summed E-state index contributed by atoms with van der Waals surface area (Å²) in [5.74, 6) is 1.03. The van der Waals surface area contributed by atoms with Crippen molar-refractivity contribution in [1.29, 1.82) is 0 Å². The smallest absolute Gasteiger partial charge is 0.337 e. The largest absolute Gasteiger partial charge is 0.465 e. The molecule has 0 bridgehead atoms. The molecule has 26 heavy (non-hydrogen) atoms. The quantitative estimate of drug-likeness (QED) is 0.658. The average Bonchev–Trinajstić information content (AvgIpc) is 2.68. The van der Waals surface area contributed by atoms with Crippen molar-refractivity contribution in [1.82, 2.24) is 9.97 Å². The summed E-state index contributed by atoms with van der Waals surface area (Å²) >= 11 is 0. The van der Waals surface area contributed by atoms with Gasteiger partial charge in [-0.05, 0) is 36.8 Å². The predicted molar refractivity (Wildman–Crippen MR) is 102 cm³/mol. The first-order valence-electron chi connectivity index (χ1n) is 8.21. The van der Waals surface area contributed by atoms with Crippen molar-refractivity contribution >= 4 is 23.3 Å². The van der Waals surface area contributed by atoms with Gasteiger partial charge in [0, 0.05) is 18.3 Å². The van der Waals surface area contributed by atoms with Crippen LogP contribution in [-0.2, 0) is 11.3 Å². The Bertz CT molecular complexity index is 877. The Morgan fingerprint density at radius 1 is 1.00 bits per heavy atom. The van der Waals surface area contributed by atoms with Gasteiger partial charge in [0.1, 0.15) is 18.0 Å². The second-order valence-electron chi connectivity index (χ2n) is 5.82. The minimum absolute atomic E-state index is 0.360. The van der Waals surface area contributed by atoms with Crippen LogP contribution in [0, 0.1) is 6.92 Å². The number of carbonyl (C=O) groups is 1. The molecule has 1 aromatic heterocycles. The summed E-state index contributed by atoms with van der Waals surface area (Å²) in [6, 6.07) is 17.2. The fourth-order valence-corrected chi connectivity index (χ4v) is 2.38. The van der Waals surface area contributed by atoms with Crippen LogP contribution >= 0.6 is 0 Å². The lowest BCUT2D eigenvalue weighted by Crippen LogP contribution is -2.03. The van der Waals surface area contributed by atoms with E-state index >= 15 is 0 Å². The average molecular weight is 348 g/mol. The molecule has 0 aliphatic rings. The topological polar surface area (TPSA) is 76.1 Å². The molecule has 0 unspecified atom stereocenters. The molecule has 1 heterocycles. The number of hydrogen-bond donors (Lipinski definition) is 2. The van der Waals surface area contributed by atoms with Crippen molar-refractivity contribution < 1.29 is 9.53 Å². The van der Waals surface area contributed by atoms with Crippen LogP contribution in [0.2, 0.25) is 0 Å². The molecule has 0 amide bonds. The molecule has 2 aromatic carbocycles. The zero-order valence-corrected chi connectivity index (χ0v) is 14.7. The van der Waals surface area contributed by atoms with Gasteiger partial charge in [0.2, 0.25) is 0 Å². The minimum Gasteiger partial charge on any atom is -0.465 e. The van der Waals surface area contributed by atoms with E-state index in [0.29, 0.717) is 17.9 Å². The molecule has 6 nitrogen and oxygen atoms in total. The van der Waals surface area contributed by atoms with E-state index in [0.717, 1.165) is 11.5 Å². The SMILES string of the molecule is COC(=O)c1ccc(Nc2cc(NCc3ccc(C)cc3)ncn2)cc1. The van der Waals surface area contributed by atoms with E-state index in [1.165, 1.54) is 24.6 Å². The first kappa shape index (κ1) is 17.4. The number of aromatic nitrogens is 2. The number of carbonyl (C=O) groups excluding carboxylic acids is 1. The van der Waals surface area contributed by atoms with E-state index in [4.69, 9.17) is 4.74 Å². The van der Waals surface area contributed by atoms with E-state index in [2.05, 4.69) is 51.8 Å². The Balaban J connectivity index is 1.63. The number of anilines is 3. The minimum atomic E-state index is -0.360. The van der Waals surface area contributed by atoms with Crippen LogP contribution < -0.4 is 10.6 Å². The van der Waals surface area contributed by atoms with Gasteiger partial charge in [-0.15, -0.1) is 0 Å². The van der Waals surface area contributed by atoms with Crippen LogP contribution in [0.15, 0.2) is 60.9 Å². The second-order valence-corrected chi connectivity index (χ2v) is 5.82. The third kappa shape index (κ3) is 4.57. The molecule has 2 N–H and O–H groups in total. The highest BCUT2D eigenvalue weighted by Gasteiger charge is 2.05. The summed E-state index contributed by atoms with van der Waals surface area (Å²) in [7, 11) is 1.36. The monoisotopic (exact) mass is 348 g/mol. The molecule has 0 radical (unpaired) electrons. The Labute approximate surface area is 152 Å². The van der Waals surface area contributed by atoms with Crippen LogP contribution in [0.5, 0.6) is 0 Å². The maximum Gasteiger partial charge on any atom is 0.337 e. The molecular formula is C20H20N4O2. The molecule has 3 rings (SSSR count). The van der Waals surface area contributed by atoms with Crippen molar-refractivity contribution in [2.45, 2.75) is 13.5 Å². The lowest BCUT2D eigenvalue weighted by Gasteiger charge is -2.09. The van der Waals surface area contributed by atoms with Gasteiger partial charge in [-0.1, -0.05) is 29.8 Å². The first-order chi connectivity index (χ1) is 12.6. The van der Waals surface area contributed by atoms with Crippen molar-refractivity contribution in [2.75, 3.05) is 17.7 Å². The number of methoxy groups -OCH3 is 1. The van der Waals surface area contributed by atoms with Crippen molar-refractivity contribution in [2.24, 2.45) is 0 Å². The molecule has 3 aromatic rings. The van der Waals surface area contributed by atoms with Gasteiger partial charge in [-0.2, -0.15) is 0 Å². The zero-order valence-electron chi connectivity index (χ0n) is 14.7. The molecule has 132 valence electrons. The maximum atomic E-state index is 11.5. The number of aryl methyl sites for hydroxylation is 1. The number of esters is 1. The third-order valence-electron chi connectivity index (χ3n) is 3.84.